The summed E-state index contributed by atoms with van der Waals surface area (Å²) in [5.41, 5.74) is 2.17. The summed E-state index contributed by atoms with van der Waals surface area (Å²) in [6.07, 6.45) is 1.74. The Bertz CT molecular complexity index is 561. The van der Waals surface area contributed by atoms with Crippen molar-refractivity contribution in [2.75, 3.05) is 45.8 Å². The number of hydrogen-bond acceptors (Lipinski definition) is 5. The fourth-order valence-corrected chi connectivity index (χ4v) is 3.75. The first-order valence-corrected chi connectivity index (χ1v) is 9.70. The number of piperazine rings is 3. The minimum absolute atomic E-state index is 0. The maximum absolute atomic E-state index is 5.44. The zero-order chi connectivity index (χ0) is 17.6. The summed E-state index contributed by atoms with van der Waals surface area (Å²) in [6.45, 7) is 14.7. The highest BCUT2D eigenvalue weighted by atomic mass is 127. The molecule has 0 spiro atoms. The SMILES string of the molecule is CCNC(=NCc1c(CC)noc1CC)NCC1CN2CCN1CC2.I. The first kappa shape index (κ1) is 21.4. The predicted octanol–water partition coefficient (Wildman–Crippen LogP) is 1.47. The van der Waals surface area contributed by atoms with Crippen LogP contribution in [-0.4, -0.2) is 72.8 Å². The van der Waals surface area contributed by atoms with Crippen molar-refractivity contribution in [3.8, 4) is 0 Å². The van der Waals surface area contributed by atoms with Gasteiger partial charge in [-0.3, -0.25) is 9.80 Å². The molecule has 4 heterocycles. The lowest BCUT2D eigenvalue weighted by atomic mass is 10.1. The van der Waals surface area contributed by atoms with Crippen LogP contribution in [0.25, 0.3) is 0 Å². The first-order valence-electron chi connectivity index (χ1n) is 9.70. The molecule has 26 heavy (non-hydrogen) atoms. The lowest BCUT2D eigenvalue weighted by molar-refractivity contribution is 0.0154. The maximum Gasteiger partial charge on any atom is 0.191 e. The Balaban J connectivity index is 0.00000243. The van der Waals surface area contributed by atoms with Gasteiger partial charge in [0.05, 0.1) is 12.2 Å². The van der Waals surface area contributed by atoms with Gasteiger partial charge in [-0.25, -0.2) is 4.99 Å². The quantitative estimate of drug-likeness (QED) is 0.353. The van der Waals surface area contributed by atoms with E-state index in [1.54, 1.807) is 0 Å². The van der Waals surface area contributed by atoms with Crippen LogP contribution in [-0.2, 0) is 19.4 Å². The van der Waals surface area contributed by atoms with Gasteiger partial charge in [0, 0.05) is 63.8 Å². The van der Waals surface area contributed by atoms with Crippen molar-refractivity contribution < 1.29 is 4.52 Å². The third kappa shape index (κ3) is 5.10. The second kappa shape index (κ2) is 10.5. The molecule has 8 heteroatoms. The van der Waals surface area contributed by atoms with E-state index in [1.165, 1.54) is 26.2 Å². The molecule has 1 aromatic rings. The molecule has 1 unspecified atom stereocenters. The number of fused-ring (bicyclic) bond motifs is 3. The Kier molecular flexibility index (Phi) is 8.62. The Hall–Kier alpha value is -0.870. The summed E-state index contributed by atoms with van der Waals surface area (Å²) in [4.78, 5) is 9.94. The molecule has 1 aromatic heterocycles. The third-order valence-corrected chi connectivity index (χ3v) is 5.24. The van der Waals surface area contributed by atoms with E-state index in [0.717, 1.165) is 55.5 Å². The van der Waals surface area contributed by atoms with Crippen LogP contribution in [0.2, 0.25) is 0 Å². The molecular formula is C18H33IN6O. The fourth-order valence-electron chi connectivity index (χ4n) is 3.75. The number of rotatable bonds is 7. The second-order valence-electron chi connectivity index (χ2n) is 6.80. The van der Waals surface area contributed by atoms with Crippen molar-refractivity contribution in [2.24, 2.45) is 4.99 Å². The van der Waals surface area contributed by atoms with Gasteiger partial charge in [0.25, 0.3) is 0 Å². The van der Waals surface area contributed by atoms with Crippen molar-refractivity contribution >= 4 is 29.9 Å². The molecule has 4 rings (SSSR count). The number of aryl methyl sites for hydroxylation is 2. The van der Waals surface area contributed by atoms with Gasteiger partial charge >= 0.3 is 0 Å². The van der Waals surface area contributed by atoms with Crippen LogP contribution in [0.5, 0.6) is 0 Å². The molecule has 0 aliphatic carbocycles. The molecule has 148 valence electrons. The minimum Gasteiger partial charge on any atom is -0.361 e. The number of guanidine groups is 1. The standard InChI is InChI=1S/C18H32N6O.HI/c1-4-16-15(17(5-2)25-22-16)12-21-18(19-6-3)20-11-14-13-23-7-9-24(14)10-8-23;/h14H,4-13H2,1-3H3,(H2,19,20,21);1H. The van der Waals surface area contributed by atoms with Crippen LogP contribution in [0.4, 0.5) is 0 Å². The second-order valence-corrected chi connectivity index (χ2v) is 6.80. The molecule has 7 nitrogen and oxygen atoms in total. The summed E-state index contributed by atoms with van der Waals surface area (Å²) >= 11 is 0. The summed E-state index contributed by atoms with van der Waals surface area (Å²) in [5, 5.41) is 11.1. The molecule has 2 bridgehead atoms. The smallest absolute Gasteiger partial charge is 0.191 e. The fraction of sp³-hybridized carbons (Fsp3) is 0.778. The molecule has 1 atom stereocenters. The van der Waals surface area contributed by atoms with Gasteiger partial charge in [-0.15, -0.1) is 24.0 Å². The summed E-state index contributed by atoms with van der Waals surface area (Å²) in [5.74, 6) is 1.84. The topological polar surface area (TPSA) is 68.9 Å². The van der Waals surface area contributed by atoms with E-state index in [0.29, 0.717) is 12.6 Å². The molecule has 0 amide bonds. The van der Waals surface area contributed by atoms with Gasteiger partial charge in [0.2, 0.25) is 0 Å². The first-order chi connectivity index (χ1) is 12.2. The average molecular weight is 476 g/mol. The number of nitrogens with one attached hydrogen (secondary N) is 2. The Morgan fingerprint density at radius 1 is 1.15 bits per heavy atom. The van der Waals surface area contributed by atoms with Crippen LogP contribution < -0.4 is 10.6 Å². The Morgan fingerprint density at radius 2 is 1.92 bits per heavy atom. The van der Waals surface area contributed by atoms with Gasteiger partial charge in [0.1, 0.15) is 5.76 Å². The lowest BCUT2D eigenvalue weighted by Gasteiger charge is -2.47. The van der Waals surface area contributed by atoms with E-state index in [4.69, 9.17) is 9.52 Å². The van der Waals surface area contributed by atoms with Crippen molar-refractivity contribution in [1.82, 2.24) is 25.6 Å². The number of hydrogen-bond donors (Lipinski definition) is 2. The van der Waals surface area contributed by atoms with Crippen molar-refractivity contribution in [3.63, 3.8) is 0 Å². The van der Waals surface area contributed by atoms with E-state index >= 15 is 0 Å². The normalized spacial score (nSPS) is 25.0. The monoisotopic (exact) mass is 476 g/mol. The van der Waals surface area contributed by atoms with Gasteiger partial charge in [0.15, 0.2) is 5.96 Å². The third-order valence-electron chi connectivity index (χ3n) is 5.24. The summed E-state index contributed by atoms with van der Waals surface area (Å²) in [7, 11) is 0. The zero-order valence-electron chi connectivity index (χ0n) is 16.3. The molecule has 0 aromatic carbocycles. The molecule has 3 aliphatic heterocycles. The van der Waals surface area contributed by atoms with E-state index in [1.807, 2.05) is 0 Å². The van der Waals surface area contributed by atoms with Gasteiger partial charge < -0.3 is 15.2 Å². The van der Waals surface area contributed by atoms with Gasteiger partial charge in [-0.1, -0.05) is 19.0 Å². The van der Waals surface area contributed by atoms with Gasteiger partial charge in [-0.05, 0) is 13.3 Å². The molecule has 3 aliphatic rings. The molecule has 2 N–H and O–H groups in total. The van der Waals surface area contributed by atoms with Crippen molar-refractivity contribution in [1.29, 1.82) is 0 Å². The highest BCUT2D eigenvalue weighted by Crippen LogP contribution is 2.17. The number of aliphatic imine (C=N–C) groups is 1. The van der Waals surface area contributed by atoms with E-state index in [9.17, 15) is 0 Å². The highest BCUT2D eigenvalue weighted by Gasteiger charge is 2.31. The van der Waals surface area contributed by atoms with E-state index in [-0.39, 0.29) is 24.0 Å². The lowest BCUT2D eigenvalue weighted by Crippen LogP contribution is -2.63. The summed E-state index contributed by atoms with van der Waals surface area (Å²) in [6, 6.07) is 0.583. The Labute approximate surface area is 174 Å². The number of halogens is 1. The van der Waals surface area contributed by atoms with Crippen molar-refractivity contribution in [2.45, 2.75) is 46.2 Å². The predicted molar refractivity (Wildman–Crippen MR) is 115 cm³/mol. The van der Waals surface area contributed by atoms with E-state index in [2.05, 4.69) is 46.4 Å². The molecule has 0 saturated carbocycles. The maximum atomic E-state index is 5.44. The molecule has 0 radical (unpaired) electrons. The molecule has 3 saturated heterocycles. The van der Waals surface area contributed by atoms with Crippen LogP contribution in [0, 0.1) is 0 Å². The van der Waals surface area contributed by atoms with Crippen LogP contribution in [0.1, 0.15) is 37.8 Å². The average Bonchev–Trinajstić information content (AvgIpc) is 3.07. The Morgan fingerprint density at radius 3 is 2.50 bits per heavy atom. The largest absolute Gasteiger partial charge is 0.361 e. The van der Waals surface area contributed by atoms with Crippen molar-refractivity contribution in [3.05, 3.63) is 17.0 Å². The highest BCUT2D eigenvalue weighted by molar-refractivity contribution is 14.0. The molecular weight excluding hydrogens is 443 g/mol. The summed E-state index contributed by atoms with van der Waals surface area (Å²) < 4.78 is 5.44. The van der Waals surface area contributed by atoms with Crippen LogP contribution in [0.15, 0.2) is 9.52 Å². The molecule has 3 fully saturated rings. The zero-order valence-corrected chi connectivity index (χ0v) is 18.6. The number of nitrogens with zero attached hydrogens (tertiary/aromatic N) is 4. The van der Waals surface area contributed by atoms with E-state index < -0.39 is 0 Å². The number of aromatic nitrogens is 1. The van der Waals surface area contributed by atoms with Crippen LogP contribution >= 0.6 is 24.0 Å². The van der Waals surface area contributed by atoms with Crippen LogP contribution in [0.3, 0.4) is 0 Å². The van der Waals surface area contributed by atoms with Gasteiger partial charge in [-0.2, -0.15) is 0 Å². The minimum atomic E-state index is 0.